The minimum atomic E-state index is -5.00. The van der Waals surface area contributed by atoms with Crippen LogP contribution in [0.15, 0.2) is 158 Å². The van der Waals surface area contributed by atoms with Gasteiger partial charge in [-0.15, -0.1) is 0 Å². The van der Waals surface area contributed by atoms with Gasteiger partial charge in [-0.05, 0) is 148 Å². The fourth-order valence-electron chi connectivity index (χ4n) is 10.1. The molecule has 0 rings (SSSR count). The van der Waals surface area contributed by atoms with E-state index in [0.717, 1.165) is 180 Å². The van der Waals surface area contributed by atoms with Gasteiger partial charge in [0.15, 0.2) is 12.2 Å². The zero-order valence-corrected chi connectivity index (χ0v) is 66.4. The molecule has 17 nitrogen and oxygen atoms in total. The molecular formula is C85H140O17P2. The summed E-state index contributed by atoms with van der Waals surface area (Å²) in [5.41, 5.74) is 0. The van der Waals surface area contributed by atoms with E-state index in [1.807, 2.05) is 0 Å². The Morgan fingerprint density at radius 2 is 0.500 bits per heavy atom. The summed E-state index contributed by atoms with van der Waals surface area (Å²) in [4.78, 5) is 73.0. The van der Waals surface area contributed by atoms with Crippen molar-refractivity contribution in [1.29, 1.82) is 0 Å². The van der Waals surface area contributed by atoms with Gasteiger partial charge in [0.2, 0.25) is 0 Å². The quantitative estimate of drug-likeness (QED) is 0.0169. The van der Waals surface area contributed by atoms with Crippen LogP contribution in [-0.2, 0) is 65.4 Å². The Morgan fingerprint density at radius 3 is 0.779 bits per heavy atom. The number of carbonyl (C=O) groups excluding carboxylic acids is 4. The molecule has 0 heterocycles. The molecule has 0 saturated carbocycles. The van der Waals surface area contributed by atoms with E-state index in [-0.39, 0.29) is 25.7 Å². The van der Waals surface area contributed by atoms with Gasteiger partial charge in [-0.2, -0.15) is 0 Å². The molecule has 5 atom stereocenters. The predicted molar refractivity (Wildman–Crippen MR) is 427 cm³/mol. The van der Waals surface area contributed by atoms with Crippen molar-refractivity contribution in [2.24, 2.45) is 0 Å². The second kappa shape index (κ2) is 75.9. The first-order chi connectivity index (χ1) is 50.7. The molecule has 0 aromatic carbocycles. The summed E-state index contributed by atoms with van der Waals surface area (Å²) < 4.78 is 68.5. The Bertz CT molecular complexity index is 2590. The molecule has 19 heteroatoms. The summed E-state index contributed by atoms with van der Waals surface area (Å²) in [7, 11) is -9.99. The average Bonchev–Trinajstić information content (AvgIpc) is 0.931. The number of carbonyl (C=O) groups is 4. The lowest BCUT2D eigenvalue weighted by Gasteiger charge is -2.21. The van der Waals surface area contributed by atoms with Crippen molar-refractivity contribution in [2.45, 2.75) is 316 Å². The zero-order valence-electron chi connectivity index (χ0n) is 64.6. The SMILES string of the molecule is CC/C=C\C/C=C\C/C=C\C/C=C\C/C=C\CCCCCC(=O)OCC(COP(=O)(O)OCC(O)COP(=O)(O)OCC(COC(=O)CCCCCC/C=C\C/C=C\C/C=C\C/C=C\CC)OC(=O)CCCCCC/C=C\C/C=C\C/C=C\C/C=C\CC)OC(=O)CCCCCCCCCCCCC. The first kappa shape index (κ1) is 98.7. The number of ether oxygens (including phenoxy) is 4. The Hall–Kier alpha value is -5.32. The second-order valence-electron chi connectivity index (χ2n) is 25.9. The highest BCUT2D eigenvalue weighted by molar-refractivity contribution is 7.47. The molecule has 0 amide bonds. The van der Waals surface area contributed by atoms with Crippen molar-refractivity contribution >= 4 is 39.5 Å². The van der Waals surface area contributed by atoms with Gasteiger partial charge in [0.25, 0.3) is 0 Å². The molecular weight excluding hydrogens is 1350 g/mol. The van der Waals surface area contributed by atoms with Crippen LogP contribution in [0.2, 0.25) is 0 Å². The summed E-state index contributed by atoms with van der Waals surface area (Å²) in [6.45, 7) is 4.43. The smallest absolute Gasteiger partial charge is 0.462 e. The number of esters is 4. The van der Waals surface area contributed by atoms with Gasteiger partial charge in [0, 0.05) is 25.7 Å². The van der Waals surface area contributed by atoms with Crippen LogP contribution in [0.1, 0.15) is 297 Å². The summed E-state index contributed by atoms with van der Waals surface area (Å²) in [6.07, 6.45) is 88.0. The lowest BCUT2D eigenvalue weighted by atomic mass is 10.1. The number of phosphoric acid groups is 2. The highest BCUT2D eigenvalue weighted by Crippen LogP contribution is 2.45. The van der Waals surface area contributed by atoms with Crippen LogP contribution in [0, 0.1) is 0 Å². The third-order valence-corrected chi connectivity index (χ3v) is 17.9. The van der Waals surface area contributed by atoms with Crippen molar-refractivity contribution in [3.8, 4) is 0 Å². The number of allylic oxidation sites excluding steroid dienone is 26. The maximum absolute atomic E-state index is 13.1. The van der Waals surface area contributed by atoms with Crippen LogP contribution in [0.3, 0.4) is 0 Å². The molecule has 0 radical (unpaired) electrons. The molecule has 0 aliphatic carbocycles. The Morgan fingerprint density at radius 1 is 0.279 bits per heavy atom. The van der Waals surface area contributed by atoms with Crippen LogP contribution in [0.25, 0.3) is 0 Å². The minimum Gasteiger partial charge on any atom is -0.462 e. The van der Waals surface area contributed by atoms with Gasteiger partial charge in [0.1, 0.15) is 19.3 Å². The monoisotopic (exact) mass is 1490 g/mol. The van der Waals surface area contributed by atoms with Crippen LogP contribution >= 0.6 is 15.6 Å². The summed E-state index contributed by atoms with van der Waals surface area (Å²) >= 11 is 0. The van der Waals surface area contributed by atoms with E-state index < -0.39 is 97.5 Å². The van der Waals surface area contributed by atoms with E-state index in [1.165, 1.54) is 38.5 Å². The van der Waals surface area contributed by atoms with Crippen molar-refractivity contribution in [3.05, 3.63) is 158 Å². The van der Waals surface area contributed by atoms with Gasteiger partial charge in [-0.1, -0.05) is 282 Å². The number of unbranched alkanes of at least 4 members (excludes halogenated alkanes) is 21. The second-order valence-corrected chi connectivity index (χ2v) is 28.8. The first-order valence-electron chi connectivity index (χ1n) is 39.7. The van der Waals surface area contributed by atoms with Crippen LogP contribution in [0.4, 0.5) is 0 Å². The number of aliphatic hydroxyl groups is 1. The highest BCUT2D eigenvalue weighted by atomic mass is 31.2. The Balaban J connectivity index is 5.41. The number of aliphatic hydroxyl groups excluding tert-OH is 1. The van der Waals surface area contributed by atoms with Crippen molar-refractivity contribution in [2.75, 3.05) is 39.6 Å². The summed E-state index contributed by atoms with van der Waals surface area (Å²) in [5, 5.41) is 10.6. The van der Waals surface area contributed by atoms with Crippen LogP contribution in [-0.4, -0.2) is 96.7 Å². The summed E-state index contributed by atoms with van der Waals surface area (Å²) in [6, 6.07) is 0. The predicted octanol–water partition coefficient (Wildman–Crippen LogP) is 23.2. The first-order valence-corrected chi connectivity index (χ1v) is 42.7. The summed E-state index contributed by atoms with van der Waals surface area (Å²) in [5.74, 6) is -2.27. The fraction of sp³-hybridized carbons (Fsp3) is 0.647. The lowest BCUT2D eigenvalue weighted by Crippen LogP contribution is -2.30. The maximum Gasteiger partial charge on any atom is 0.472 e. The zero-order chi connectivity index (χ0) is 76.0. The van der Waals surface area contributed by atoms with Gasteiger partial charge < -0.3 is 33.8 Å². The normalized spacial score (nSPS) is 14.7. The molecule has 0 fully saturated rings. The topological polar surface area (TPSA) is 237 Å². The molecule has 0 saturated heterocycles. The number of rotatable bonds is 73. The molecule has 0 spiro atoms. The van der Waals surface area contributed by atoms with E-state index in [0.29, 0.717) is 25.7 Å². The van der Waals surface area contributed by atoms with E-state index >= 15 is 0 Å². The van der Waals surface area contributed by atoms with Gasteiger partial charge in [-0.25, -0.2) is 9.13 Å². The minimum absolute atomic E-state index is 0.0558. The molecule has 0 aliphatic heterocycles. The van der Waals surface area contributed by atoms with Gasteiger partial charge in [-0.3, -0.25) is 37.3 Å². The molecule has 104 heavy (non-hydrogen) atoms. The molecule has 0 aromatic heterocycles. The molecule has 3 N–H and O–H groups in total. The molecule has 5 unspecified atom stereocenters. The third-order valence-electron chi connectivity index (χ3n) is 16.0. The van der Waals surface area contributed by atoms with E-state index in [9.17, 15) is 43.2 Å². The van der Waals surface area contributed by atoms with Crippen LogP contribution < -0.4 is 0 Å². The highest BCUT2D eigenvalue weighted by Gasteiger charge is 2.30. The average molecular weight is 1500 g/mol. The number of hydrogen-bond donors (Lipinski definition) is 3. The van der Waals surface area contributed by atoms with Crippen molar-refractivity contribution in [1.82, 2.24) is 0 Å². The van der Waals surface area contributed by atoms with Crippen LogP contribution in [0.5, 0.6) is 0 Å². The van der Waals surface area contributed by atoms with E-state index in [1.54, 1.807) is 0 Å². The third kappa shape index (κ3) is 74.9. The number of hydrogen-bond acceptors (Lipinski definition) is 15. The van der Waals surface area contributed by atoms with E-state index in [4.69, 9.17) is 37.0 Å². The van der Waals surface area contributed by atoms with Crippen molar-refractivity contribution in [3.63, 3.8) is 0 Å². The molecule has 0 bridgehead atoms. The maximum atomic E-state index is 13.1. The van der Waals surface area contributed by atoms with Crippen molar-refractivity contribution < 1.29 is 80.2 Å². The lowest BCUT2D eigenvalue weighted by molar-refractivity contribution is -0.161. The molecule has 592 valence electrons. The molecule has 0 aromatic rings. The van der Waals surface area contributed by atoms with Gasteiger partial charge >= 0.3 is 39.5 Å². The fourth-order valence-corrected chi connectivity index (χ4v) is 11.6. The van der Waals surface area contributed by atoms with Gasteiger partial charge in [0.05, 0.1) is 26.4 Å². The van der Waals surface area contributed by atoms with E-state index in [2.05, 4.69) is 186 Å². The Labute approximate surface area is 629 Å². The standard InChI is InChI=1S/C85H140O17P2/c1-5-9-13-17-21-25-29-32-35-38-39-42-44-47-51-54-58-62-66-70-82(87)95-75-80(101-84(89)71-67-63-59-55-49-28-24-20-16-12-8-4)77-99-103(91,92)97-73-79(86)74-98-104(93,94)100-78-81(102-85(90)72-68-64-60-56-52-48-45-41-37-34-31-27-23-19-15-11-7-3)76-96-83(88)69-65-61-57-53-50-46-43-40-36-33-30-26-22-18-14-10-6-2/h9-11,13-15,21-23,25-27,32-37,39,42-43,45-48,51,79-81,86H,5-8,12,16-20,24,28-31,38,40-41,44,49-50,52-78H2,1-4H3,(H,91,92)(H,93,94)/b13-9-,14-10-,15-11-,25-21-,26-22-,27-23-,35-32-,36-33-,37-34-,42-39-,46-43-,48-45-,51-47-. The Kier molecular flexibility index (Phi) is 72.0. The largest absolute Gasteiger partial charge is 0.472 e. The number of phosphoric ester groups is 2. The molecule has 0 aliphatic rings.